The quantitative estimate of drug-likeness (QED) is 0.877. The Hall–Kier alpha value is -2.25. The molecule has 5 nitrogen and oxygen atoms in total. The minimum Gasteiger partial charge on any atom is -0.390 e. The number of carbonyl (C=O) groups excluding carboxylic acids is 1. The van der Waals surface area contributed by atoms with Crippen LogP contribution in [0.2, 0.25) is 0 Å². The Bertz CT molecular complexity index is 864. The van der Waals surface area contributed by atoms with Gasteiger partial charge in [-0.1, -0.05) is 30.3 Å². The van der Waals surface area contributed by atoms with Crippen LogP contribution in [-0.4, -0.2) is 43.1 Å². The van der Waals surface area contributed by atoms with Crippen LogP contribution in [0.1, 0.15) is 10.4 Å². The van der Waals surface area contributed by atoms with Crippen LogP contribution in [0.4, 0.5) is 4.39 Å². The zero-order valence-corrected chi connectivity index (χ0v) is 13.5. The van der Waals surface area contributed by atoms with Crippen molar-refractivity contribution in [2.75, 3.05) is 11.5 Å². The zero-order valence-electron chi connectivity index (χ0n) is 12.6. The Labute approximate surface area is 139 Å². The van der Waals surface area contributed by atoms with E-state index in [0.29, 0.717) is 16.7 Å². The molecule has 2 aromatic rings. The Morgan fingerprint density at radius 2 is 1.75 bits per heavy atom. The van der Waals surface area contributed by atoms with Gasteiger partial charge in [-0.2, -0.15) is 0 Å². The standard InChI is InChI=1S/C17H16FNO4S/c18-12-7-5-11(6-8-12)13-3-1-2-4-14(13)17(21)19-15-9-24(22,23)10-16(15)20/h1-8,15-16,20H,9-10H2,(H,19,21). The zero-order chi connectivity index (χ0) is 17.3. The van der Waals surface area contributed by atoms with Gasteiger partial charge in [0.25, 0.3) is 5.91 Å². The molecule has 1 aliphatic heterocycles. The molecule has 2 N–H and O–H groups in total. The first-order chi connectivity index (χ1) is 11.4. The summed E-state index contributed by atoms with van der Waals surface area (Å²) in [5.74, 6) is -1.48. The summed E-state index contributed by atoms with van der Waals surface area (Å²) in [6.45, 7) is 0. The third kappa shape index (κ3) is 3.47. The Morgan fingerprint density at radius 1 is 1.08 bits per heavy atom. The van der Waals surface area contributed by atoms with Crippen LogP contribution in [-0.2, 0) is 9.84 Å². The van der Waals surface area contributed by atoms with Crippen molar-refractivity contribution in [1.29, 1.82) is 0 Å². The number of hydrogen-bond donors (Lipinski definition) is 2. The first kappa shape index (κ1) is 16.6. The van der Waals surface area contributed by atoms with E-state index in [1.54, 1.807) is 36.4 Å². The fourth-order valence-corrected chi connectivity index (χ4v) is 4.52. The fourth-order valence-electron chi connectivity index (χ4n) is 2.78. The maximum Gasteiger partial charge on any atom is 0.252 e. The van der Waals surface area contributed by atoms with E-state index < -0.39 is 27.9 Å². The molecule has 1 fully saturated rings. The maximum absolute atomic E-state index is 13.1. The molecule has 1 amide bonds. The molecule has 24 heavy (non-hydrogen) atoms. The predicted molar refractivity (Wildman–Crippen MR) is 87.8 cm³/mol. The molecule has 0 radical (unpaired) electrons. The number of benzene rings is 2. The highest BCUT2D eigenvalue weighted by Gasteiger charge is 2.37. The molecule has 2 unspecified atom stereocenters. The van der Waals surface area contributed by atoms with E-state index in [-0.39, 0.29) is 17.3 Å². The highest BCUT2D eigenvalue weighted by atomic mass is 32.2. The second-order valence-electron chi connectivity index (χ2n) is 5.78. The van der Waals surface area contributed by atoms with Gasteiger partial charge in [-0.25, -0.2) is 12.8 Å². The van der Waals surface area contributed by atoms with Crippen molar-refractivity contribution in [3.63, 3.8) is 0 Å². The molecule has 1 saturated heterocycles. The van der Waals surface area contributed by atoms with Crippen LogP contribution in [0, 0.1) is 5.82 Å². The van der Waals surface area contributed by atoms with Crippen molar-refractivity contribution in [2.24, 2.45) is 0 Å². The number of hydrogen-bond acceptors (Lipinski definition) is 4. The Kier molecular flexibility index (Phi) is 4.38. The summed E-state index contributed by atoms with van der Waals surface area (Å²) in [7, 11) is -3.35. The van der Waals surface area contributed by atoms with Crippen LogP contribution in [0.15, 0.2) is 48.5 Å². The van der Waals surface area contributed by atoms with E-state index in [0.717, 1.165) is 0 Å². The summed E-state index contributed by atoms with van der Waals surface area (Å²) in [5.41, 5.74) is 1.60. The molecule has 0 aliphatic carbocycles. The average molecular weight is 349 g/mol. The van der Waals surface area contributed by atoms with Gasteiger partial charge < -0.3 is 10.4 Å². The lowest BCUT2D eigenvalue weighted by Crippen LogP contribution is -2.42. The maximum atomic E-state index is 13.1. The number of amides is 1. The van der Waals surface area contributed by atoms with Gasteiger partial charge in [0.15, 0.2) is 9.84 Å². The smallest absolute Gasteiger partial charge is 0.252 e. The minimum atomic E-state index is -3.35. The summed E-state index contributed by atoms with van der Waals surface area (Å²) in [6.07, 6.45) is -1.11. The molecule has 0 aromatic heterocycles. The Morgan fingerprint density at radius 3 is 2.38 bits per heavy atom. The molecule has 7 heteroatoms. The number of aliphatic hydroxyl groups is 1. The summed E-state index contributed by atoms with van der Waals surface area (Å²) in [6, 6.07) is 11.7. The second-order valence-corrected chi connectivity index (χ2v) is 7.93. The molecule has 0 spiro atoms. The van der Waals surface area contributed by atoms with Gasteiger partial charge in [0.1, 0.15) is 5.82 Å². The lowest BCUT2D eigenvalue weighted by atomic mass is 9.99. The van der Waals surface area contributed by atoms with Gasteiger partial charge in [-0.15, -0.1) is 0 Å². The number of carbonyl (C=O) groups is 1. The molecular weight excluding hydrogens is 333 g/mol. The number of halogens is 1. The summed E-state index contributed by atoms with van der Waals surface area (Å²) < 4.78 is 36.2. The first-order valence-electron chi connectivity index (χ1n) is 7.40. The van der Waals surface area contributed by atoms with E-state index >= 15 is 0 Å². The number of nitrogens with one attached hydrogen (secondary N) is 1. The molecule has 126 valence electrons. The lowest BCUT2D eigenvalue weighted by Gasteiger charge is -2.16. The van der Waals surface area contributed by atoms with Crippen LogP contribution >= 0.6 is 0 Å². The molecule has 2 aromatic carbocycles. The summed E-state index contributed by atoms with van der Waals surface area (Å²) in [5, 5.41) is 12.4. The molecule has 0 saturated carbocycles. The minimum absolute atomic E-state index is 0.279. The van der Waals surface area contributed by atoms with Gasteiger partial charge >= 0.3 is 0 Å². The van der Waals surface area contributed by atoms with Crippen molar-refractivity contribution in [1.82, 2.24) is 5.32 Å². The van der Waals surface area contributed by atoms with Gasteiger partial charge in [-0.3, -0.25) is 4.79 Å². The molecule has 2 atom stereocenters. The van der Waals surface area contributed by atoms with E-state index in [9.17, 15) is 22.7 Å². The summed E-state index contributed by atoms with van der Waals surface area (Å²) >= 11 is 0. The fraction of sp³-hybridized carbons (Fsp3) is 0.235. The van der Waals surface area contributed by atoms with Gasteiger partial charge in [0, 0.05) is 5.56 Å². The highest BCUT2D eigenvalue weighted by molar-refractivity contribution is 7.91. The molecular formula is C17H16FNO4S. The third-order valence-corrected chi connectivity index (χ3v) is 5.68. The predicted octanol–water partition coefficient (Wildman–Crippen LogP) is 1.38. The monoisotopic (exact) mass is 349 g/mol. The SMILES string of the molecule is O=C(NC1CS(=O)(=O)CC1O)c1ccccc1-c1ccc(F)cc1. The van der Waals surface area contributed by atoms with Crippen molar-refractivity contribution in [3.8, 4) is 11.1 Å². The topological polar surface area (TPSA) is 83.5 Å². The van der Waals surface area contributed by atoms with E-state index in [1.807, 2.05) is 0 Å². The second kappa shape index (κ2) is 6.33. The Balaban J connectivity index is 1.87. The summed E-state index contributed by atoms with van der Waals surface area (Å²) in [4.78, 5) is 12.5. The van der Waals surface area contributed by atoms with Gasteiger partial charge in [0.2, 0.25) is 0 Å². The van der Waals surface area contributed by atoms with Gasteiger partial charge in [0.05, 0.1) is 23.7 Å². The normalized spacial score (nSPS) is 22.2. The molecule has 0 bridgehead atoms. The average Bonchev–Trinajstić information content (AvgIpc) is 2.80. The first-order valence-corrected chi connectivity index (χ1v) is 9.22. The largest absolute Gasteiger partial charge is 0.390 e. The van der Waals surface area contributed by atoms with Gasteiger partial charge in [-0.05, 0) is 29.3 Å². The number of aliphatic hydroxyl groups excluding tert-OH is 1. The van der Waals surface area contributed by atoms with Crippen LogP contribution < -0.4 is 5.32 Å². The highest BCUT2D eigenvalue weighted by Crippen LogP contribution is 2.24. The molecule has 1 aliphatic rings. The van der Waals surface area contributed by atoms with Crippen molar-refractivity contribution >= 4 is 15.7 Å². The lowest BCUT2D eigenvalue weighted by molar-refractivity contribution is 0.0889. The van der Waals surface area contributed by atoms with Crippen LogP contribution in [0.25, 0.3) is 11.1 Å². The van der Waals surface area contributed by atoms with Crippen molar-refractivity contribution in [3.05, 3.63) is 59.9 Å². The molecule has 3 rings (SSSR count). The molecule has 1 heterocycles. The number of sulfone groups is 1. The van der Waals surface area contributed by atoms with Crippen LogP contribution in [0.3, 0.4) is 0 Å². The van der Waals surface area contributed by atoms with Crippen molar-refractivity contribution in [2.45, 2.75) is 12.1 Å². The van der Waals surface area contributed by atoms with E-state index in [2.05, 4.69) is 5.32 Å². The number of rotatable bonds is 3. The van der Waals surface area contributed by atoms with E-state index in [1.165, 1.54) is 12.1 Å². The third-order valence-electron chi connectivity index (χ3n) is 3.97. The van der Waals surface area contributed by atoms with E-state index in [4.69, 9.17) is 0 Å². The van der Waals surface area contributed by atoms with Crippen LogP contribution in [0.5, 0.6) is 0 Å². The van der Waals surface area contributed by atoms with Crippen molar-refractivity contribution < 1.29 is 22.7 Å².